The van der Waals surface area contributed by atoms with Crippen LogP contribution in [0, 0.1) is 0 Å². The van der Waals surface area contributed by atoms with Crippen LogP contribution < -0.4 is 0 Å². The van der Waals surface area contributed by atoms with Crippen molar-refractivity contribution >= 4 is 8.07 Å². The van der Waals surface area contributed by atoms with Gasteiger partial charge in [0.25, 0.3) is 0 Å². The minimum atomic E-state index is -1.34. The van der Waals surface area contributed by atoms with Gasteiger partial charge in [-0.25, -0.2) is 0 Å². The monoisotopic (exact) mass is 244 g/mol. The first-order valence-corrected chi connectivity index (χ1v) is 9.71. The molecule has 0 unspecified atom stereocenters. The van der Waals surface area contributed by atoms with E-state index in [1.54, 1.807) is 11.1 Å². The van der Waals surface area contributed by atoms with Crippen LogP contribution in [0.15, 0.2) is 46.6 Å². The normalized spacial score (nSPS) is 28.8. The second-order valence-corrected chi connectivity index (χ2v) is 11.3. The maximum atomic E-state index is 2.54. The van der Waals surface area contributed by atoms with Gasteiger partial charge in [0.1, 0.15) is 0 Å². The summed E-state index contributed by atoms with van der Waals surface area (Å²) >= 11 is 0. The van der Waals surface area contributed by atoms with Crippen molar-refractivity contribution in [3.8, 4) is 0 Å². The Labute approximate surface area is 107 Å². The Morgan fingerprint density at radius 3 is 1.35 bits per heavy atom. The lowest BCUT2D eigenvalue weighted by Gasteiger charge is -2.35. The molecule has 0 aromatic rings. The fourth-order valence-corrected chi connectivity index (χ4v) is 7.86. The van der Waals surface area contributed by atoms with Crippen LogP contribution in [0.1, 0.15) is 27.7 Å². The number of allylic oxidation sites excluding steroid dienone is 8. The van der Waals surface area contributed by atoms with Gasteiger partial charge < -0.3 is 0 Å². The first kappa shape index (κ1) is 12.6. The quantitative estimate of drug-likeness (QED) is 0.582. The molecule has 92 valence electrons. The molecule has 0 fully saturated rings. The zero-order chi connectivity index (χ0) is 12.8. The van der Waals surface area contributed by atoms with E-state index in [2.05, 4.69) is 65.1 Å². The van der Waals surface area contributed by atoms with Crippen molar-refractivity contribution in [3.63, 3.8) is 0 Å². The molecule has 0 N–H and O–H groups in total. The van der Waals surface area contributed by atoms with E-state index in [9.17, 15) is 0 Å². The molecule has 0 amide bonds. The largest absolute Gasteiger partial charge is 0.0771 e. The summed E-state index contributed by atoms with van der Waals surface area (Å²) in [5.41, 5.74) is 7.49. The smallest absolute Gasteiger partial charge is 0.0706 e. The van der Waals surface area contributed by atoms with Crippen LogP contribution in [0.2, 0.25) is 24.2 Å². The minimum Gasteiger partial charge on any atom is -0.0771 e. The summed E-state index contributed by atoms with van der Waals surface area (Å²) in [7, 11) is -1.34. The molecule has 2 atom stereocenters. The zero-order valence-corrected chi connectivity index (χ0v) is 13.0. The van der Waals surface area contributed by atoms with Gasteiger partial charge in [0, 0.05) is 0 Å². The SMILES string of the molecule is CC1=C[C@H]([Si](C)(C)[C@H]2C=C(C)C=C2C)C(C)=C1. The molecule has 2 aliphatic rings. The molecule has 1 heteroatoms. The van der Waals surface area contributed by atoms with Crippen LogP contribution in [0.25, 0.3) is 0 Å². The molecule has 0 heterocycles. The molecule has 0 saturated carbocycles. The number of rotatable bonds is 2. The van der Waals surface area contributed by atoms with Crippen molar-refractivity contribution in [1.82, 2.24) is 0 Å². The third kappa shape index (κ3) is 2.13. The lowest BCUT2D eigenvalue weighted by molar-refractivity contribution is 1.06. The lowest BCUT2D eigenvalue weighted by atomic mass is 10.2. The lowest BCUT2D eigenvalue weighted by Crippen LogP contribution is -2.36. The van der Waals surface area contributed by atoms with Crippen molar-refractivity contribution in [2.45, 2.75) is 51.9 Å². The molecule has 0 spiro atoms. The molecule has 0 aromatic carbocycles. The second-order valence-electron chi connectivity index (χ2n) is 6.37. The number of hydrogen-bond donors (Lipinski definition) is 0. The van der Waals surface area contributed by atoms with Crippen LogP contribution in [-0.4, -0.2) is 8.07 Å². The maximum Gasteiger partial charge on any atom is 0.0706 e. The first-order chi connectivity index (χ1) is 7.82. The van der Waals surface area contributed by atoms with Gasteiger partial charge in [-0.15, -0.1) is 0 Å². The van der Waals surface area contributed by atoms with Gasteiger partial charge >= 0.3 is 0 Å². The molecule has 17 heavy (non-hydrogen) atoms. The van der Waals surface area contributed by atoms with Crippen LogP contribution >= 0.6 is 0 Å². The summed E-state index contributed by atoms with van der Waals surface area (Å²) in [5.74, 6) is 0. The maximum absolute atomic E-state index is 2.54. The molecule has 2 rings (SSSR count). The van der Waals surface area contributed by atoms with Crippen LogP contribution in [-0.2, 0) is 0 Å². The van der Waals surface area contributed by atoms with Gasteiger partial charge in [-0.3, -0.25) is 0 Å². The summed E-state index contributed by atoms with van der Waals surface area (Å²) in [6.45, 7) is 14.1. The van der Waals surface area contributed by atoms with Crippen molar-refractivity contribution in [2.75, 3.05) is 0 Å². The molecule has 0 bridgehead atoms. The predicted octanol–water partition coefficient (Wildman–Crippen LogP) is 5.25. The van der Waals surface area contributed by atoms with Gasteiger partial charge in [-0.1, -0.05) is 59.7 Å². The van der Waals surface area contributed by atoms with E-state index in [-0.39, 0.29) is 0 Å². The van der Waals surface area contributed by atoms with Gasteiger partial charge in [-0.2, -0.15) is 0 Å². The van der Waals surface area contributed by atoms with Gasteiger partial charge in [-0.05, 0) is 38.8 Å². The van der Waals surface area contributed by atoms with E-state index in [0.29, 0.717) is 0 Å². The highest BCUT2D eigenvalue weighted by molar-refractivity contribution is 6.82. The van der Waals surface area contributed by atoms with Crippen molar-refractivity contribution in [2.24, 2.45) is 0 Å². The molecule has 0 radical (unpaired) electrons. The Bertz CT molecular complexity index is 416. The molecular formula is C16H24Si. The van der Waals surface area contributed by atoms with Crippen LogP contribution in [0.3, 0.4) is 0 Å². The Kier molecular flexibility index (Phi) is 3.07. The third-order valence-corrected chi connectivity index (χ3v) is 8.80. The molecule has 2 aliphatic carbocycles. The van der Waals surface area contributed by atoms with Gasteiger partial charge in [0.15, 0.2) is 0 Å². The second kappa shape index (κ2) is 4.13. The Balaban J connectivity index is 2.33. The molecule has 0 aliphatic heterocycles. The topological polar surface area (TPSA) is 0 Å². The van der Waals surface area contributed by atoms with Crippen LogP contribution in [0.5, 0.6) is 0 Å². The number of hydrogen-bond acceptors (Lipinski definition) is 0. The van der Waals surface area contributed by atoms with Crippen molar-refractivity contribution < 1.29 is 0 Å². The molecule has 0 nitrogen and oxygen atoms in total. The van der Waals surface area contributed by atoms with E-state index < -0.39 is 8.07 Å². The highest BCUT2D eigenvalue weighted by Crippen LogP contribution is 2.48. The zero-order valence-electron chi connectivity index (χ0n) is 12.0. The third-order valence-electron chi connectivity index (χ3n) is 4.35. The van der Waals surface area contributed by atoms with E-state index >= 15 is 0 Å². The summed E-state index contributed by atoms with van der Waals surface area (Å²) in [6.07, 6.45) is 9.72. The molecule has 0 saturated heterocycles. The Hall–Kier alpha value is -0.823. The first-order valence-electron chi connectivity index (χ1n) is 6.55. The molecule has 0 aromatic heterocycles. The van der Waals surface area contributed by atoms with E-state index in [1.807, 2.05) is 0 Å². The predicted molar refractivity (Wildman–Crippen MR) is 80.0 cm³/mol. The summed E-state index contributed by atoms with van der Waals surface area (Å²) in [4.78, 5) is 0. The average Bonchev–Trinajstić information content (AvgIpc) is 2.70. The average molecular weight is 244 g/mol. The van der Waals surface area contributed by atoms with E-state index in [0.717, 1.165) is 11.1 Å². The van der Waals surface area contributed by atoms with Crippen LogP contribution in [0.4, 0.5) is 0 Å². The molecular weight excluding hydrogens is 220 g/mol. The Morgan fingerprint density at radius 1 is 0.765 bits per heavy atom. The van der Waals surface area contributed by atoms with E-state index in [1.165, 1.54) is 11.1 Å². The standard InChI is InChI=1S/C16H24Si/c1-11-7-13(3)15(9-11)17(5,6)16-10-12(2)8-14(16)4/h7-10,15-16H,1-6H3/t15-,16-/m0/s1. The van der Waals surface area contributed by atoms with E-state index in [4.69, 9.17) is 0 Å². The van der Waals surface area contributed by atoms with Gasteiger partial charge in [0.2, 0.25) is 0 Å². The fourth-order valence-electron chi connectivity index (χ4n) is 3.58. The summed E-state index contributed by atoms with van der Waals surface area (Å²) < 4.78 is 0. The van der Waals surface area contributed by atoms with Crippen molar-refractivity contribution in [3.05, 3.63) is 46.6 Å². The fraction of sp³-hybridized carbons (Fsp3) is 0.500. The Morgan fingerprint density at radius 2 is 1.12 bits per heavy atom. The highest BCUT2D eigenvalue weighted by Gasteiger charge is 2.41. The summed E-state index contributed by atoms with van der Waals surface area (Å²) in [6, 6.07) is 0. The summed E-state index contributed by atoms with van der Waals surface area (Å²) in [5, 5.41) is 0. The van der Waals surface area contributed by atoms with Gasteiger partial charge in [0.05, 0.1) is 8.07 Å². The van der Waals surface area contributed by atoms with Crippen molar-refractivity contribution in [1.29, 1.82) is 0 Å². The minimum absolute atomic E-state index is 0.720. The highest BCUT2D eigenvalue weighted by atomic mass is 28.3.